The minimum atomic E-state index is -0.355. The SMILES string of the molecule is Nc1cc(Br)c(F)cc1NCCc1ccc(Cl)cc1Cl. The van der Waals surface area contributed by atoms with Crippen LogP contribution in [0.1, 0.15) is 5.56 Å². The lowest BCUT2D eigenvalue weighted by atomic mass is 10.1. The molecule has 0 heterocycles. The maximum atomic E-state index is 13.4. The van der Waals surface area contributed by atoms with Crippen molar-refractivity contribution in [3.8, 4) is 0 Å². The van der Waals surface area contributed by atoms with Crippen molar-refractivity contribution < 1.29 is 4.39 Å². The second-order valence-corrected chi connectivity index (χ2v) is 5.96. The highest BCUT2D eigenvalue weighted by atomic mass is 79.9. The quantitative estimate of drug-likeness (QED) is 0.724. The number of nitrogens with two attached hydrogens (primary N) is 1. The van der Waals surface area contributed by atoms with Gasteiger partial charge in [0.2, 0.25) is 0 Å². The van der Waals surface area contributed by atoms with E-state index in [0.29, 0.717) is 38.9 Å². The molecule has 0 aliphatic carbocycles. The molecule has 0 unspecified atom stereocenters. The second-order valence-electron chi connectivity index (χ2n) is 4.27. The lowest BCUT2D eigenvalue weighted by molar-refractivity contribution is 0.622. The highest BCUT2D eigenvalue weighted by Gasteiger charge is 2.06. The first-order valence-corrected chi connectivity index (χ1v) is 7.44. The zero-order chi connectivity index (χ0) is 14.7. The molecule has 0 amide bonds. The van der Waals surface area contributed by atoms with Crippen LogP contribution in [0.2, 0.25) is 10.0 Å². The molecule has 0 aromatic heterocycles. The number of hydrogen-bond donors (Lipinski definition) is 2. The molecule has 0 bridgehead atoms. The zero-order valence-corrected chi connectivity index (χ0v) is 13.5. The molecule has 6 heteroatoms. The third kappa shape index (κ3) is 3.78. The molecular formula is C14H12BrCl2FN2. The van der Waals surface area contributed by atoms with E-state index in [9.17, 15) is 4.39 Å². The van der Waals surface area contributed by atoms with Crippen LogP contribution in [0.3, 0.4) is 0 Å². The van der Waals surface area contributed by atoms with Gasteiger partial charge in [0, 0.05) is 22.7 Å². The molecule has 0 fully saturated rings. The highest BCUT2D eigenvalue weighted by Crippen LogP contribution is 2.27. The van der Waals surface area contributed by atoms with Gasteiger partial charge in [0.05, 0.1) is 15.8 Å². The smallest absolute Gasteiger partial charge is 0.139 e. The van der Waals surface area contributed by atoms with Crippen molar-refractivity contribution in [2.75, 3.05) is 17.6 Å². The Kier molecular flexibility index (Phi) is 5.13. The molecule has 0 spiro atoms. The van der Waals surface area contributed by atoms with Gasteiger partial charge in [0.15, 0.2) is 0 Å². The maximum absolute atomic E-state index is 13.4. The first-order valence-electron chi connectivity index (χ1n) is 5.89. The van der Waals surface area contributed by atoms with Crippen LogP contribution in [-0.4, -0.2) is 6.54 Å². The number of rotatable bonds is 4. The molecule has 20 heavy (non-hydrogen) atoms. The summed E-state index contributed by atoms with van der Waals surface area (Å²) in [6.07, 6.45) is 0.688. The molecule has 0 aliphatic rings. The van der Waals surface area contributed by atoms with Gasteiger partial charge in [-0.15, -0.1) is 0 Å². The lowest BCUT2D eigenvalue weighted by Gasteiger charge is -2.11. The molecule has 0 atom stereocenters. The van der Waals surface area contributed by atoms with Gasteiger partial charge in [-0.1, -0.05) is 29.3 Å². The molecule has 2 aromatic carbocycles. The van der Waals surface area contributed by atoms with Gasteiger partial charge in [-0.2, -0.15) is 0 Å². The fraction of sp³-hybridized carbons (Fsp3) is 0.143. The van der Waals surface area contributed by atoms with Crippen LogP contribution in [0.4, 0.5) is 15.8 Å². The van der Waals surface area contributed by atoms with Crippen LogP contribution < -0.4 is 11.1 Å². The summed E-state index contributed by atoms with van der Waals surface area (Å²) in [6.45, 7) is 0.590. The Labute approximate surface area is 135 Å². The summed E-state index contributed by atoms with van der Waals surface area (Å²) in [7, 11) is 0. The number of benzene rings is 2. The van der Waals surface area contributed by atoms with E-state index in [1.54, 1.807) is 12.1 Å². The average Bonchev–Trinajstić information content (AvgIpc) is 2.38. The van der Waals surface area contributed by atoms with Crippen molar-refractivity contribution in [1.29, 1.82) is 0 Å². The summed E-state index contributed by atoms with van der Waals surface area (Å²) in [5.74, 6) is -0.355. The van der Waals surface area contributed by atoms with E-state index in [0.717, 1.165) is 5.56 Å². The molecule has 2 nitrogen and oxygen atoms in total. The second kappa shape index (κ2) is 6.66. The largest absolute Gasteiger partial charge is 0.397 e. The summed E-state index contributed by atoms with van der Waals surface area (Å²) in [4.78, 5) is 0. The molecule has 2 aromatic rings. The fourth-order valence-electron chi connectivity index (χ4n) is 1.77. The Morgan fingerprint density at radius 2 is 1.95 bits per heavy atom. The minimum absolute atomic E-state index is 0.348. The number of anilines is 2. The van der Waals surface area contributed by atoms with E-state index in [1.807, 2.05) is 6.07 Å². The topological polar surface area (TPSA) is 38.0 Å². The third-order valence-corrected chi connectivity index (χ3v) is 4.01. The van der Waals surface area contributed by atoms with Gasteiger partial charge < -0.3 is 11.1 Å². The van der Waals surface area contributed by atoms with E-state index in [4.69, 9.17) is 28.9 Å². The standard InChI is InChI=1S/C14H12BrCl2FN2/c15-10-6-13(19)14(7-12(10)18)20-4-3-8-1-2-9(16)5-11(8)17/h1-2,5-7,20H,3-4,19H2. The van der Waals surface area contributed by atoms with Crippen molar-refractivity contribution in [1.82, 2.24) is 0 Å². The zero-order valence-electron chi connectivity index (χ0n) is 10.4. The molecule has 0 saturated carbocycles. The highest BCUT2D eigenvalue weighted by molar-refractivity contribution is 9.10. The molecule has 3 N–H and O–H groups in total. The summed E-state index contributed by atoms with van der Waals surface area (Å²) in [5, 5.41) is 4.32. The number of nitrogens with one attached hydrogen (secondary N) is 1. The van der Waals surface area contributed by atoms with Crippen molar-refractivity contribution in [2.45, 2.75) is 6.42 Å². The molecular weight excluding hydrogens is 366 g/mol. The Morgan fingerprint density at radius 3 is 2.65 bits per heavy atom. The Bertz CT molecular complexity index is 635. The average molecular weight is 378 g/mol. The van der Waals surface area contributed by atoms with Gasteiger partial charge in [0.1, 0.15) is 5.82 Å². The maximum Gasteiger partial charge on any atom is 0.139 e. The minimum Gasteiger partial charge on any atom is -0.397 e. The van der Waals surface area contributed by atoms with Crippen molar-refractivity contribution in [3.05, 3.63) is 56.2 Å². The van der Waals surface area contributed by atoms with Crippen LogP contribution in [-0.2, 0) is 6.42 Å². The predicted octanol–water partition coefficient (Wildman–Crippen LogP) is 5.13. The van der Waals surface area contributed by atoms with E-state index in [1.165, 1.54) is 12.1 Å². The van der Waals surface area contributed by atoms with Crippen LogP contribution in [0.15, 0.2) is 34.8 Å². The normalized spacial score (nSPS) is 10.6. The molecule has 2 rings (SSSR count). The molecule has 106 valence electrons. The first-order chi connectivity index (χ1) is 9.47. The van der Waals surface area contributed by atoms with E-state index in [-0.39, 0.29) is 5.82 Å². The monoisotopic (exact) mass is 376 g/mol. The summed E-state index contributed by atoms with van der Waals surface area (Å²) in [6, 6.07) is 8.26. The van der Waals surface area contributed by atoms with Crippen LogP contribution in [0.25, 0.3) is 0 Å². The Balaban J connectivity index is 2.01. The van der Waals surface area contributed by atoms with E-state index < -0.39 is 0 Å². The molecule has 0 aliphatic heterocycles. The van der Waals surface area contributed by atoms with E-state index >= 15 is 0 Å². The van der Waals surface area contributed by atoms with Gasteiger partial charge >= 0.3 is 0 Å². The number of hydrogen-bond acceptors (Lipinski definition) is 2. The summed E-state index contributed by atoms with van der Waals surface area (Å²) >= 11 is 15.0. The number of halogens is 4. The van der Waals surface area contributed by atoms with Crippen LogP contribution >= 0.6 is 39.1 Å². The van der Waals surface area contributed by atoms with E-state index in [2.05, 4.69) is 21.2 Å². The predicted molar refractivity (Wildman–Crippen MR) is 87.2 cm³/mol. The van der Waals surface area contributed by atoms with Crippen molar-refractivity contribution >= 4 is 50.5 Å². The Morgan fingerprint density at radius 1 is 1.20 bits per heavy atom. The number of nitrogen functional groups attached to an aromatic ring is 1. The van der Waals surface area contributed by atoms with Gasteiger partial charge in [-0.25, -0.2) is 4.39 Å². The Hall–Kier alpha value is -0.970. The van der Waals surface area contributed by atoms with Gasteiger partial charge in [0.25, 0.3) is 0 Å². The van der Waals surface area contributed by atoms with Crippen molar-refractivity contribution in [3.63, 3.8) is 0 Å². The van der Waals surface area contributed by atoms with Crippen molar-refractivity contribution in [2.24, 2.45) is 0 Å². The fourth-order valence-corrected chi connectivity index (χ4v) is 2.64. The van der Waals surface area contributed by atoms with Gasteiger partial charge in [-0.05, 0) is 46.1 Å². The lowest BCUT2D eigenvalue weighted by Crippen LogP contribution is -2.07. The first kappa shape index (κ1) is 15.4. The third-order valence-electron chi connectivity index (χ3n) is 2.82. The molecule has 0 radical (unpaired) electrons. The summed E-state index contributed by atoms with van der Waals surface area (Å²) in [5.41, 5.74) is 7.84. The molecule has 0 saturated heterocycles. The summed E-state index contributed by atoms with van der Waals surface area (Å²) < 4.78 is 13.8. The van der Waals surface area contributed by atoms with Crippen LogP contribution in [0.5, 0.6) is 0 Å². The van der Waals surface area contributed by atoms with Gasteiger partial charge in [-0.3, -0.25) is 0 Å². The van der Waals surface area contributed by atoms with Crippen LogP contribution in [0, 0.1) is 5.82 Å².